The molecular formula is C28H29BN2O4. The van der Waals surface area contributed by atoms with Gasteiger partial charge in [0.1, 0.15) is 13.6 Å². The summed E-state index contributed by atoms with van der Waals surface area (Å²) in [6, 6.07) is 19.1. The standard InChI is InChI=1S/C28H29BN2O4/c29-27(24-6-3-4-7-25(24)35-19-5-1-2-8-26(32)33)31(23-13-14-23)28(34)22-11-9-20(10-12-22)21-15-17-30-18-16-21/h3-4,6-7,9-12,15-18,23,27H,1-2,5,8,13-14,19H2,(H,32,33). The third-order valence-corrected chi connectivity index (χ3v) is 6.15. The van der Waals surface area contributed by atoms with Crippen molar-refractivity contribution in [1.29, 1.82) is 0 Å². The lowest BCUT2D eigenvalue weighted by molar-refractivity contribution is -0.137. The van der Waals surface area contributed by atoms with E-state index < -0.39 is 11.9 Å². The van der Waals surface area contributed by atoms with Gasteiger partial charge in [0.15, 0.2) is 0 Å². The maximum absolute atomic E-state index is 13.5. The van der Waals surface area contributed by atoms with Gasteiger partial charge >= 0.3 is 5.97 Å². The molecule has 35 heavy (non-hydrogen) atoms. The van der Waals surface area contributed by atoms with Gasteiger partial charge in [0, 0.05) is 41.9 Å². The van der Waals surface area contributed by atoms with Crippen molar-refractivity contribution in [3.05, 3.63) is 84.2 Å². The highest BCUT2D eigenvalue weighted by Crippen LogP contribution is 2.37. The lowest BCUT2D eigenvalue weighted by Gasteiger charge is -2.31. The molecule has 0 spiro atoms. The average Bonchev–Trinajstić information content (AvgIpc) is 3.72. The molecule has 1 aliphatic carbocycles. The largest absolute Gasteiger partial charge is 0.493 e. The molecule has 0 bridgehead atoms. The summed E-state index contributed by atoms with van der Waals surface area (Å²) in [4.78, 5) is 30.0. The SMILES string of the molecule is [B]C(c1ccccc1OCCCCCC(=O)O)N(C(=O)c1ccc(-c2ccncc2)cc1)C1CC1. The van der Waals surface area contributed by atoms with Crippen LogP contribution >= 0.6 is 0 Å². The molecule has 0 saturated heterocycles. The van der Waals surface area contributed by atoms with E-state index in [0.717, 1.165) is 42.4 Å². The average molecular weight is 468 g/mol. The van der Waals surface area contributed by atoms with E-state index in [1.54, 1.807) is 17.3 Å². The van der Waals surface area contributed by atoms with Crippen molar-refractivity contribution in [2.45, 2.75) is 50.5 Å². The van der Waals surface area contributed by atoms with E-state index in [1.807, 2.05) is 60.7 Å². The Morgan fingerprint density at radius 2 is 1.66 bits per heavy atom. The number of pyridine rings is 1. The minimum atomic E-state index is -0.779. The molecule has 1 unspecified atom stereocenters. The highest BCUT2D eigenvalue weighted by atomic mass is 16.5. The molecule has 178 valence electrons. The van der Waals surface area contributed by atoms with Gasteiger partial charge < -0.3 is 14.7 Å². The van der Waals surface area contributed by atoms with Crippen LogP contribution in [0.25, 0.3) is 11.1 Å². The third-order valence-electron chi connectivity index (χ3n) is 6.15. The maximum Gasteiger partial charge on any atom is 0.303 e. The first-order chi connectivity index (χ1) is 17.0. The molecule has 2 radical (unpaired) electrons. The van der Waals surface area contributed by atoms with Crippen LogP contribution in [0.3, 0.4) is 0 Å². The lowest BCUT2D eigenvalue weighted by atomic mass is 9.86. The Labute approximate surface area is 207 Å². The van der Waals surface area contributed by atoms with Gasteiger partial charge in [-0.2, -0.15) is 0 Å². The molecule has 2 aromatic carbocycles. The first-order valence-corrected chi connectivity index (χ1v) is 12.1. The van der Waals surface area contributed by atoms with Gasteiger partial charge in [0.25, 0.3) is 5.91 Å². The molecule has 1 aromatic heterocycles. The van der Waals surface area contributed by atoms with Gasteiger partial charge in [-0.25, -0.2) is 0 Å². The second-order valence-electron chi connectivity index (χ2n) is 8.79. The van der Waals surface area contributed by atoms with Crippen molar-refractivity contribution >= 4 is 19.7 Å². The Morgan fingerprint density at radius 3 is 2.34 bits per heavy atom. The summed E-state index contributed by atoms with van der Waals surface area (Å²) < 4.78 is 6.00. The number of rotatable bonds is 12. The molecule has 1 atom stereocenters. The van der Waals surface area contributed by atoms with E-state index in [-0.39, 0.29) is 18.4 Å². The number of amides is 1. The zero-order chi connectivity index (χ0) is 24.6. The van der Waals surface area contributed by atoms with Crippen LogP contribution in [-0.4, -0.2) is 47.4 Å². The Bertz CT molecular complexity index is 1130. The molecular weight excluding hydrogens is 439 g/mol. The molecule has 1 heterocycles. The summed E-state index contributed by atoms with van der Waals surface area (Å²) in [5, 5.41) is 8.76. The van der Waals surface area contributed by atoms with Gasteiger partial charge in [-0.3, -0.25) is 14.6 Å². The molecule has 6 nitrogen and oxygen atoms in total. The molecule has 3 aromatic rings. The summed E-state index contributed by atoms with van der Waals surface area (Å²) >= 11 is 0. The second-order valence-corrected chi connectivity index (χ2v) is 8.79. The number of carbonyl (C=O) groups excluding carboxylic acids is 1. The van der Waals surface area contributed by atoms with Crippen LogP contribution in [-0.2, 0) is 4.79 Å². The van der Waals surface area contributed by atoms with Crippen LogP contribution in [0.4, 0.5) is 0 Å². The zero-order valence-electron chi connectivity index (χ0n) is 19.7. The summed E-state index contributed by atoms with van der Waals surface area (Å²) in [5.41, 5.74) is 3.44. The predicted octanol–water partition coefficient (Wildman–Crippen LogP) is 5.24. The monoisotopic (exact) mass is 468 g/mol. The van der Waals surface area contributed by atoms with Gasteiger partial charge in [-0.05, 0) is 73.6 Å². The van der Waals surface area contributed by atoms with Crippen molar-refractivity contribution in [1.82, 2.24) is 9.88 Å². The van der Waals surface area contributed by atoms with E-state index in [0.29, 0.717) is 24.3 Å². The van der Waals surface area contributed by atoms with E-state index in [4.69, 9.17) is 17.7 Å². The normalized spacial score (nSPS) is 13.7. The first-order valence-electron chi connectivity index (χ1n) is 12.1. The number of unbranched alkanes of at least 4 members (excludes halogenated alkanes) is 2. The molecule has 1 amide bonds. The number of aromatic nitrogens is 1. The fourth-order valence-corrected chi connectivity index (χ4v) is 4.11. The number of carbonyl (C=O) groups is 2. The fourth-order valence-electron chi connectivity index (χ4n) is 4.11. The van der Waals surface area contributed by atoms with Crippen molar-refractivity contribution in [2.24, 2.45) is 0 Å². The van der Waals surface area contributed by atoms with Gasteiger partial charge in [-0.15, -0.1) is 0 Å². The van der Waals surface area contributed by atoms with Crippen molar-refractivity contribution in [3.8, 4) is 16.9 Å². The van der Waals surface area contributed by atoms with Crippen LogP contribution in [0.1, 0.15) is 60.4 Å². The number of hydrogen-bond acceptors (Lipinski definition) is 4. The molecule has 7 heteroatoms. The molecule has 4 rings (SSSR count). The molecule has 1 aliphatic rings. The summed E-state index contributed by atoms with van der Waals surface area (Å²) in [6.45, 7) is 0.469. The number of hydrogen-bond donors (Lipinski definition) is 1. The fraction of sp³-hybridized carbons (Fsp3) is 0.321. The van der Waals surface area contributed by atoms with E-state index in [1.165, 1.54) is 0 Å². The smallest absolute Gasteiger partial charge is 0.303 e. The third kappa shape index (κ3) is 6.50. The maximum atomic E-state index is 13.5. The van der Waals surface area contributed by atoms with Crippen LogP contribution in [0.2, 0.25) is 0 Å². The number of nitrogens with zero attached hydrogens (tertiary/aromatic N) is 2. The predicted molar refractivity (Wildman–Crippen MR) is 135 cm³/mol. The zero-order valence-corrected chi connectivity index (χ0v) is 19.7. The minimum Gasteiger partial charge on any atom is -0.493 e. The highest BCUT2D eigenvalue weighted by Gasteiger charge is 2.37. The van der Waals surface area contributed by atoms with Crippen LogP contribution < -0.4 is 4.74 Å². The Balaban J connectivity index is 1.45. The number of para-hydroxylation sites is 1. The van der Waals surface area contributed by atoms with Crippen molar-refractivity contribution < 1.29 is 19.4 Å². The Kier molecular flexibility index (Phi) is 8.19. The van der Waals surface area contributed by atoms with Gasteiger partial charge in [0.2, 0.25) is 0 Å². The van der Waals surface area contributed by atoms with Gasteiger partial charge in [-0.1, -0.05) is 30.3 Å². The number of ether oxygens (including phenoxy) is 1. The molecule has 1 saturated carbocycles. The minimum absolute atomic E-state index is 0.0928. The lowest BCUT2D eigenvalue weighted by Crippen LogP contribution is -2.37. The van der Waals surface area contributed by atoms with Crippen molar-refractivity contribution in [2.75, 3.05) is 6.61 Å². The van der Waals surface area contributed by atoms with E-state index >= 15 is 0 Å². The molecule has 0 aliphatic heterocycles. The Morgan fingerprint density at radius 1 is 0.971 bits per heavy atom. The van der Waals surface area contributed by atoms with Crippen LogP contribution in [0.5, 0.6) is 5.75 Å². The van der Waals surface area contributed by atoms with Crippen molar-refractivity contribution in [3.63, 3.8) is 0 Å². The summed E-state index contributed by atoms with van der Waals surface area (Å²) in [6.07, 6.45) is 7.69. The number of carboxylic acid groups (broad SMARTS) is 1. The topological polar surface area (TPSA) is 79.7 Å². The van der Waals surface area contributed by atoms with E-state index in [9.17, 15) is 9.59 Å². The van der Waals surface area contributed by atoms with Crippen LogP contribution in [0, 0.1) is 0 Å². The molecule has 1 fully saturated rings. The molecule has 1 N–H and O–H groups in total. The number of aliphatic carboxylic acids is 1. The highest BCUT2D eigenvalue weighted by molar-refractivity contribution is 6.14. The number of carboxylic acids is 1. The summed E-state index contributed by atoms with van der Waals surface area (Å²) in [5.74, 6) is -0.841. The van der Waals surface area contributed by atoms with Crippen LogP contribution in [0.15, 0.2) is 73.1 Å². The number of benzene rings is 2. The quantitative estimate of drug-likeness (QED) is 0.290. The summed E-state index contributed by atoms with van der Waals surface area (Å²) in [7, 11) is 6.68. The van der Waals surface area contributed by atoms with Gasteiger partial charge in [0.05, 0.1) is 6.61 Å². The second kappa shape index (κ2) is 11.7. The Hall–Kier alpha value is -3.61. The first kappa shape index (κ1) is 24.5. The van der Waals surface area contributed by atoms with E-state index in [2.05, 4.69) is 4.98 Å².